The SMILES string of the molecule is CC(C)CCNC(=O)Cn1cnc(C(N)=S)n1. The summed E-state index contributed by atoms with van der Waals surface area (Å²) in [6.07, 6.45) is 2.40. The Morgan fingerprint density at radius 1 is 1.65 bits per heavy atom. The van der Waals surface area contributed by atoms with E-state index in [4.69, 9.17) is 18.0 Å². The maximum absolute atomic E-state index is 11.5. The molecule has 0 aromatic carbocycles. The molecular weight excluding hydrogens is 238 g/mol. The molecule has 1 amide bonds. The molecule has 94 valence electrons. The van der Waals surface area contributed by atoms with Gasteiger partial charge in [0.15, 0.2) is 0 Å². The molecule has 1 heterocycles. The molecular formula is C10H17N5OS. The highest BCUT2D eigenvalue weighted by Crippen LogP contribution is 1.96. The van der Waals surface area contributed by atoms with Crippen LogP contribution in [-0.4, -0.2) is 32.2 Å². The van der Waals surface area contributed by atoms with Crippen molar-refractivity contribution in [1.82, 2.24) is 20.1 Å². The zero-order chi connectivity index (χ0) is 12.8. The second-order valence-corrected chi connectivity index (χ2v) is 4.60. The van der Waals surface area contributed by atoms with Crippen LogP contribution in [0.15, 0.2) is 6.33 Å². The van der Waals surface area contributed by atoms with E-state index in [2.05, 4.69) is 29.2 Å². The van der Waals surface area contributed by atoms with E-state index in [1.54, 1.807) is 0 Å². The van der Waals surface area contributed by atoms with Crippen LogP contribution in [0.4, 0.5) is 0 Å². The molecule has 0 fully saturated rings. The third kappa shape index (κ3) is 4.90. The number of aromatic nitrogens is 3. The van der Waals surface area contributed by atoms with Crippen molar-refractivity contribution in [3.05, 3.63) is 12.2 Å². The Bertz CT molecular complexity index is 401. The lowest BCUT2D eigenvalue weighted by atomic mass is 10.1. The van der Waals surface area contributed by atoms with E-state index >= 15 is 0 Å². The lowest BCUT2D eigenvalue weighted by molar-refractivity contribution is -0.121. The van der Waals surface area contributed by atoms with E-state index in [-0.39, 0.29) is 23.3 Å². The molecule has 0 aliphatic heterocycles. The van der Waals surface area contributed by atoms with Gasteiger partial charge in [-0.25, -0.2) is 9.67 Å². The van der Waals surface area contributed by atoms with Gasteiger partial charge in [-0.15, -0.1) is 5.10 Å². The summed E-state index contributed by atoms with van der Waals surface area (Å²) in [6, 6.07) is 0. The minimum Gasteiger partial charge on any atom is -0.387 e. The monoisotopic (exact) mass is 255 g/mol. The van der Waals surface area contributed by atoms with Crippen molar-refractivity contribution in [3.8, 4) is 0 Å². The molecule has 0 unspecified atom stereocenters. The van der Waals surface area contributed by atoms with Gasteiger partial charge in [-0.3, -0.25) is 4.79 Å². The molecule has 0 atom stereocenters. The van der Waals surface area contributed by atoms with E-state index in [0.29, 0.717) is 12.5 Å². The van der Waals surface area contributed by atoms with Crippen LogP contribution in [0.25, 0.3) is 0 Å². The fourth-order valence-electron chi connectivity index (χ4n) is 1.19. The van der Waals surface area contributed by atoms with Gasteiger partial charge in [-0.05, 0) is 12.3 Å². The lowest BCUT2D eigenvalue weighted by Crippen LogP contribution is -2.29. The van der Waals surface area contributed by atoms with Crippen molar-refractivity contribution < 1.29 is 4.79 Å². The lowest BCUT2D eigenvalue weighted by Gasteiger charge is -2.06. The van der Waals surface area contributed by atoms with Crippen LogP contribution in [0.2, 0.25) is 0 Å². The topological polar surface area (TPSA) is 85.8 Å². The molecule has 1 aromatic heterocycles. The van der Waals surface area contributed by atoms with Crippen LogP contribution in [0.3, 0.4) is 0 Å². The Hall–Kier alpha value is -1.50. The molecule has 0 bridgehead atoms. The van der Waals surface area contributed by atoms with Crippen LogP contribution in [0.5, 0.6) is 0 Å². The molecule has 1 aromatic rings. The Labute approximate surface area is 106 Å². The normalized spacial score (nSPS) is 10.5. The van der Waals surface area contributed by atoms with Crippen molar-refractivity contribution >= 4 is 23.1 Å². The van der Waals surface area contributed by atoms with Crippen LogP contribution in [0.1, 0.15) is 26.1 Å². The van der Waals surface area contributed by atoms with Crippen molar-refractivity contribution in [2.45, 2.75) is 26.8 Å². The minimum atomic E-state index is -0.0926. The van der Waals surface area contributed by atoms with Gasteiger partial charge in [-0.2, -0.15) is 0 Å². The highest BCUT2D eigenvalue weighted by Gasteiger charge is 2.07. The summed E-state index contributed by atoms with van der Waals surface area (Å²) in [5.41, 5.74) is 5.36. The molecule has 6 nitrogen and oxygen atoms in total. The van der Waals surface area contributed by atoms with Crippen LogP contribution in [-0.2, 0) is 11.3 Å². The first-order chi connectivity index (χ1) is 7.99. The number of amides is 1. The van der Waals surface area contributed by atoms with Gasteiger partial charge in [0.1, 0.15) is 17.9 Å². The zero-order valence-corrected chi connectivity index (χ0v) is 10.8. The van der Waals surface area contributed by atoms with E-state index < -0.39 is 0 Å². The van der Waals surface area contributed by atoms with E-state index in [1.165, 1.54) is 11.0 Å². The average Bonchev–Trinajstić information content (AvgIpc) is 2.65. The largest absolute Gasteiger partial charge is 0.387 e. The molecule has 0 saturated heterocycles. The second-order valence-electron chi connectivity index (χ2n) is 4.16. The van der Waals surface area contributed by atoms with Crippen LogP contribution < -0.4 is 11.1 Å². The van der Waals surface area contributed by atoms with Crippen LogP contribution >= 0.6 is 12.2 Å². The van der Waals surface area contributed by atoms with Gasteiger partial charge in [0.05, 0.1) is 0 Å². The number of hydrogen-bond donors (Lipinski definition) is 2. The Kier molecular flexibility index (Phi) is 5.02. The fourth-order valence-corrected chi connectivity index (χ4v) is 1.28. The van der Waals surface area contributed by atoms with E-state index in [9.17, 15) is 4.79 Å². The highest BCUT2D eigenvalue weighted by molar-refractivity contribution is 7.80. The number of nitrogens with two attached hydrogens (primary N) is 1. The van der Waals surface area contributed by atoms with Crippen LogP contribution in [0, 0.1) is 5.92 Å². The summed E-state index contributed by atoms with van der Waals surface area (Å²) >= 11 is 4.73. The summed E-state index contributed by atoms with van der Waals surface area (Å²) < 4.78 is 1.42. The summed E-state index contributed by atoms with van der Waals surface area (Å²) in [5.74, 6) is 0.767. The molecule has 0 radical (unpaired) electrons. The first-order valence-electron chi connectivity index (χ1n) is 5.45. The van der Waals surface area contributed by atoms with Crippen molar-refractivity contribution in [1.29, 1.82) is 0 Å². The van der Waals surface area contributed by atoms with Gasteiger partial charge in [0.25, 0.3) is 0 Å². The number of carbonyl (C=O) groups excluding carboxylic acids is 1. The molecule has 0 aliphatic carbocycles. The number of nitrogens with one attached hydrogen (secondary N) is 1. The number of rotatable bonds is 6. The standard InChI is InChI=1S/C10H17N5OS/c1-7(2)3-4-12-8(16)5-15-6-13-10(14-15)9(11)17/h6-7H,3-5H2,1-2H3,(H2,11,17)(H,12,16). The van der Waals surface area contributed by atoms with Crippen molar-refractivity contribution in [2.24, 2.45) is 11.7 Å². The van der Waals surface area contributed by atoms with E-state index in [1.807, 2.05) is 0 Å². The molecule has 3 N–H and O–H groups in total. The van der Waals surface area contributed by atoms with Crippen molar-refractivity contribution in [2.75, 3.05) is 6.54 Å². The summed E-state index contributed by atoms with van der Waals surface area (Å²) in [7, 11) is 0. The first kappa shape index (κ1) is 13.6. The van der Waals surface area contributed by atoms with Crippen molar-refractivity contribution in [3.63, 3.8) is 0 Å². The number of carbonyl (C=O) groups is 1. The number of nitrogens with zero attached hydrogens (tertiary/aromatic N) is 3. The second kappa shape index (κ2) is 6.29. The molecule has 17 heavy (non-hydrogen) atoms. The molecule has 0 spiro atoms. The third-order valence-corrected chi connectivity index (χ3v) is 2.29. The average molecular weight is 255 g/mol. The van der Waals surface area contributed by atoms with Gasteiger partial charge < -0.3 is 11.1 Å². The summed E-state index contributed by atoms with van der Waals surface area (Å²) in [6.45, 7) is 5.02. The Morgan fingerprint density at radius 3 is 2.88 bits per heavy atom. The maximum atomic E-state index is 11.5. The molecule has 0 saturated carbocycles. The highest BCUT2D eigenvalue weighted by atomic mass is 32.1. The number of thiocarbonyl (C=S) groups is 1. The fraction of sp³-hybridized carbons (Fsp3) is 0.600. The minimum absolute atomic E-state index is 0.0926. The Morgan fingerprint density at radius 2 is 2.35 bits per heavy atom. The van der Waals surface area contributed by atoms with Gasteiger partial charge in [0, 0.05) is 6.54 Å². The first-order valence-corrected chi connectivity index (χ1v) is 5.86. The summed E-state index contributed by atoms with van der Waals surface area (Å²) in [4.78, 5) is 15.5. The van der Waals surface area contributed by atoms with Gasteiger partial charge in [0.2, 0.25) is 11.7 Å². The quantitative estimate of drug-likeness (QED) is 0.703. The number of hydrogen-bond acceptors (Lipinski definition) is 4. The molecule has 7 heteroatoms. The Balaban J connectivity index is 2.37. The smallest absolute Gasteiger partial charge is 0.241 e. The molecule has 1 rings (SSSR count). The zero-order valence-electron chi connectivity index (χ0n) is 10.0. The van der Waals surface area contributed by atoms with Gasteiger partial charge in [-0.1, -0.05) is 26.1 Å². The van der Waals surface area contributed by atoms with Gasteiger partial charge >= 0.3 is 0 Å². The molecule has 0 aliphatic rings. The predicted molar refractivity (Wildman–Crippen MR) is 68.4 cm³/mol. The van der Waals surface area contributed by atoms with E-state index in [0.717, 1.165) is 6.42 Å². The third-order valence-electron chi connectivity index (χ3n) is 2.11. The summed E-state index contributed by atoms with van der Waals surface area (Å²) in [5, 5.41) is 6.78. The predicted octanol–water partition coefficient (Wildman–Crippen LogP) is 0.0746. The maximum Gasteiger partial charge on any atom is 0.241 e.